The standard InChI is InChI=1S/C12H18ClN5/c1-4-9-7-10(13)18-12(15-9)16-11(17-18)14-6-5-8(2)3/h7-8H,4-6H2,1-3H3,(H,14,17). The predicted octanol–water partition coefficient (Wildman–Crippen LogP) is 2.80. The highest BCUT2D eigenvalue weighted by Gasteiger charge is 2.09. The van der Waals surface area contributed by atoms with Crippen molar-refractivity contribution in [3.05, 3.63) is 16.9 Å². The normalized spacial score (nSPS) is 11.4. The van der Waals surface area contributed by atoms with Gasteiger partial charge >= 0.3 is 0 Å². The number of aromatic nitrogens is 4. The lowest BCUT2D eigenvalue weighted by Crippen LogP contribution is -2.06. The number of nitrogens with zero attached hydrogens (tertiary/aromatic N) is 4. The molecule has 0 unspecified atom stereocenters. The minimum Gasteiger partial charge on any atom is -0.353 e. The summed E-state index contributed by atoms with van der Waals surface area (Å²) in [6, 6.07) is 1.82. The van der Waals surface area contributed by atoms with Gasteiger partial charge in [-0.05, 0) is 24.8 Å². The summed E-state index contributed by atoms with van der Waals surface area (Å²) in [4.78, 5) is 8.71. The molecule has 5 nitrogen and oxygen atoms in total. The van der Waals surface area contributed by atoms with Gasteiger partial charge in [-0.3, -0.25) is 0 Å². The molecule has 0 aromatic carbocycles. The number of fused-ring (bicyclic) bond motifs is 1. The van der Waals surface area contributed by atoms with E-state index in [0.717, 1.165) is 25.1 Å². The van der Waals surface area contributed by atoms with Crippen LogP contribution in [0.5, 0.6) is 0 Å². The van der Waals surface area contributed by atoms with Crippen molar-refractivity contribution in [2.24, 2.45) is 5.92 Å². The van der Waals surface area contributed by atoms with Crippen molar-refractivity contribution in [1.82, 2.24) is 19.6 Å². The lowest BCUT2D eigenvalue weighted by molar-refractivity contribution is 0.606. The van der Waals surface area contributed by atoms with E-state index in [9.17, 15) is 0 Å². The first-order valence-electron chi connectivity index (χ1n) is 6.26. The minimum atomic E-state index is 0.543. The Kier molecular flexibility index (Phi) is 4.01. The molecule has 6 heteroatoms. The third-order valence-corrected chi connectivity index (χ3v) is 2.96. The maximum atomic E-state index is 6.13. The maximum absolute atomic E-state index is 6.13. The molecule has 2 rings (SSSR count). The molecule has 2 heterocycles. The van der Waals surface area contributed by atoms with Crippen LogP contribution in [0, 0.1) is 5.92 Å². The molecule has 0 fully saturated rings. The molecular formula is C12H18ClN5. The quantitative estimate of drug-likeness (QED) is 0.847. The molecule has 0 radical (unpaired) electrons. The van der Waals surface area contributed by atoms with Crippen molar-refractivity contribution in [2.45, 2.75) is 33.6 Å². The lowest BCUT2D eigenvalue weighted by Gasteiger charge is -2.03. The smallest absolute Gasteiger partial charge is 0.255 e. The molecule has 0 amide bonds. The monoisotopic (exact) mass is 267 g/mol. The largest absolute Gasteiger partial charge is 0.353 e. The molecule has 0 atom stereocenters. The van der Waals surface area contributed by atoms with E-state index >= 15 is 0 Å². The zero-order chi connectivity index (χ0) is 13.1. The average molecular weight is 268 g/mol. The number of hydrogen-bond acceptors (Lipinski definition) is 4. The van der Waals surface area contributed by atoms with Gasteiger partial charge in [0.1, 0.15) is 5.15 Å². The summed E-state index contributed by atoms with van der Waals surface area (Å²) in [5.41, 5.74) is 0.925. The molecule has 1 N–H and O–H groups in total. The van der Waals surface area contributed by atoms with E-state index < -0.39 is 0 Å². The maximum Gasteiger partial charge on any atom is 0.255 e. The van der Waals surface area contributed by atoms with Crippen LogP contribution in [-0.4, -0.2) is 26.1 Å². The zero-order valence-corrected chi connectivity index (χ0v) is 11.7. The number of hydrogen-bond donors (Lipinski definition) is 1. The first-order valence-corrected chi connectivity index (χ1v) is 6.64. The van der Waals surface area contributed by atoms with E-state index in [0.29, 0.717) is 22.8 Å². The van der Waals surface area contributed by atoms with Crippen molar-refractivity contribution in [1.29, 1.82) is 0 Å². The van der Waals surface area contributed by atoms with Crippen LogP contribution in [0.3, 0.4) is 0 Å². The van der Waals surface area contributed by atoms with E-state index in [1.807, 2.05) is 13.0 Å². The van der Waals surface area contributed by atoms with E-state index in [1.54, 1.807) is 4.52 Å². The summed E-state index contributed by atoms with van der Waals surface area (Å²) < 4.78 is 1.55. The van der Waals surface area contributed by atoms with Gasteiger partial charge in [-0.25, -0.2) is 4.98 Å². The highest BCUT2D eigenvalue weighted by Crippen LogP contribution is 2.14. The Bertz CT molecular complexity index is 534. The summed E-state index contributed by atoms with van der Waals surface area (Å²) in [6.45, 7) is 7.26. The second-order valence-electron chi connectivity index (χ2n) is 4.68. The molecular weight excluding hydrogens is 250 g/mol. The van der Waals surface area contributed by atoms with Gasteiger partial charge in [0, 0.05) is 12.2 Å². The van der Waals surface area contributed by atoms with Gasteiger partial charge in [0.25, 0.3) is 5.78 Å². The Labute approximate surface area is 112 Å². The van der Waals surface area contributed by atoms with Crippen molar-refractivity contribution in [3.8, 4) is 0 Å². The summed E-state index contributed by atoms with van der Waals surface area (Å²) in [5.74, 6) is 1.78. The van der Waals surface area contributed by atoms with Crippen LogP contribution in [0.4, 0.5) is 5.95 Å². The average Bonchev–Trinajstić information content (AvgIpc) is 2.71. The van der Waals surface area contributed by atoms with Crippen LogP contribution < -0.4 is 5.32 Å². The number of aryl methyl sites for hydroxylation is 1. The summed E-state index contributed by atoms with van der Waals surface area (Å²) in [6.07, 6.45) is 1.91. The first-order chi connectivity index (χ1) is 8.60. The fourth-order valence-corrected chi connectivity index (χ4v) is 1.85. The van der Waals surface area contributed by atoms with Crippen molar-refractivity contribution >= 4 is 23.3 Å². The lowest BCUT2D eigenvalue weighted by atomic mass is 10.1. The van der Waals surface area contributed by atoms with E-state index in [2.05, 4.69) is 34.2 Å². The number of nitrogens with one attached hydrogen (secondary N) is 1. The topological polar surface area (TPSA) is 55.1 Å². The molecule has 0 aliphatic rings. The molecule has 0 saturated carbocycles. The van der Waals surface area contributed by atoms with Crippen LogP contribution in [-0.2, 0) is 6.42 Å². The summed E-state index contributed by atoms with van der Waals surface area (Å²) >= 11 is 6.13. The molecule has 18 heavy (non-hydrogen) atoms. The first kappa shape index (κ1) is 13.1. The predicted molar refractivity (Wildman–Crippen MR) is 73.1 cm³/mol. The Morgan fingerprint density at radius 3 is 2.83 bits per heavy atom. The third-order valence-electron chi connectivity index (χ3n) is 2.69. The van der Waals surface area contributed by atoms with Gasteiger partial charge in [-0.1, -0.05) is 32.4 Å². The van der Waals surface area contributed by atoms with Crippen LogP contribution in [0.25, 0.3) is 5.78 Å². The van der Waals surface area contributed by atoms with Gasteiger partial charge in [-0.15, -0.1) is 5.10 Å². The van der Waals surface area contributed by atoms with Gasteiger partial charge in [0.15, 0.2) is 0 Å². The van der Waals surface area contributed by atoms with E-state index in [-0.39, 0.29) is 0 Å². The molecule has 2 aromatic rings. The second-order valence-corrected chi connectivity index (χ2v) is 5.07. The Balaban J connectivity index is 2.19. The number of anilines is 1. The second kappa shape index (κ2) is 5.52. The van der Waals surface area contributed by atoms with Crippen LogP contribution in [0.2, 0.25) is 5.15 Å². The van der Waals surface area contributed by atoms with Crippen molar-refractivity contribution < 1.29 is 0 Å². The fraction of sp³-hybridized carbons (Fsp3) is 0.583. The van der Waals surface area contributed by atoms with Gasteiger partial charge in [0.05, 0.1) is 0 Å². The molecule has 0 aliphatic heterocycles. The molecule has 0 spiro atoms. The van der Waals surface area contributed by atoms with Crippen LogP contribution in [0.1, 0.15) is 32.9 Å². The third kappa shape index (κ3) is 2.90. The Morgan fingerprint density at radius 1 is 1.39 bits per heavy atom. The Hall–Kier alpha value is -1.36. The minimum absolute atomic E-state index is 0.543. The highest BCUT2D eigenvalue weighted by molar-refractivity contribution is 6.29. The zero-order valence-electron chi connectivity index (χ0n) is 10.9. The van der Waals surface area contributed by atoms with Crippen LogP contribution in [0.15, 0.2) is 6.07 Å². The molecule has 0 saturated heterocycles. The summed E-state index contributed by atoms with van der Waals surface area (Å²) in [7, 11) is 0. The van der Waals surface area contributed by atoms with E-state index in [1.165, 1.54) is 0 Å². The molecule has 2 aromatic heterocycles. The van der Waals surface area contributed by atoms with Crippen molar-refractivity contribution in [3.63, 3.8) is 0 Å². The number of halogens is 1. The number of rotatable bonds is 5. The Morgan fingerprint density at radius 2 is 2.17 bits per heavy atom. The van der Waals surface area contributed by atoms with E-state index in [4.69, 9.17) is 11.6 Å². The molecule has 0 aliphatic carbocycles. The van der Waals surface area contributed by atoms with Crippen LogP contribution >= 0.6 is 11.6 Å². The molecule has 98 valence electrons. The fourth-order valence-electron chi connectivity index (χ4n) is 1.61. The van der Waals surface area contributed by atoms with Crippen molar-refractivity contribution in [2.75, 3.05) is 11.9 Å². The van der Waals surface area contributed by atoms with Gasteiger partial charge < -0.3 is 5.32 Å². The SMILES string of the molecule is CCc1cc(Cl)n2nc(NCCC(C)C)nc2n1. The van der Waals surface area contributed by atoms with Gasteiger partial charge in [-0.2, -0.15) is 9.50 Å². The van der Waals surface area contributed by atoms with Gasteiger partial charge in [0.2, 0.25) is 5.95 Å². The summed E-state index contributed by atoms with van der Waals surface area (Å²) in [5, 5.41) is 8.02. The molecule has 0 bridgehead atoms. The highest BCUT2D eigenvalue weighted by atomic mass is 35.5.